The number of fused-ring (bicyclic) bond motifs is 1. The summed E-state index contributed by atoms with van der Waals surface area (Å²) in [6, 6.07) is 21.2. The minimum atomic E-state index is -3.79. The van der Waals surface area contributed by atoms with Crippen LogP contribution >= 0.6 is 11.6 Å². The van der Waals surface area contributed by atoms with Crippen molar-refractivity contribution in [3.05, 3.63) is 94.5 Å². The topological polar surface area (TPSA) is 75.7 Å². The first-order valence-corrected chi connectivity index (χ1v) is 12.5. The highest BCUT2D eigenvalue weighted by Gasteiger charge is 2.22. The number of rotatable bonds is 7. The summed E-state index contributed by atoms with van der Waals surface area (Å²) in [6.07, 6.45) is 0.809. The maximum Gasteiger partial charge on any atom is 0.260 e. The van der Waals surface area contributed by atoms with Gasteiger partial charge < -0.3 is 9.64 Å². The third-order valence-corrected chi connectivity index (χ3v) is 7.51. The van der Waals surface area contributed by atoms with Crippen molar-refractivity contribution in [3.63, 3.8) is 0 Å². The standard InChI is InChI=1S/C25H25ClN2O4S/c1-18(19-7-3-2-4-8-19)27-33(30,31)22-11-12-24(23(26)15-22)32-17-25(29)28-14-13-20-9-5-6-10-21(20)16-28/h2-12,15,18,27H,13-14,16-17H2,1H3. The van der Waals surface area contributed by atoms with Gasteiger partial charge in [-0.3, -0.25) is 4.79 Å². The van der Waals surface area contributed by atoms with Crippen LogP contribution in [0.4, 0.5) is 0 Å². The van der Waals surface area contributed by atoms with Crippen LogP contribution in [-0.2, 0) is 27.8 Å². The van der Waals surface area contributed by atoms with Gasteiger partial charge in [-0.05, 0) is 48.2 Å². The lowest BCUT2D eigenvalue weighted by Crippen LogP contribution is -2.38. The Hall–Kier alpha value is -2.87. The molecule has 1 unspecified atom stereocenters. The van der Waals surface area contributed by atoms with E-state index in [-0.39, 0.29) is 28.2 Å². The highest BCUT2D eigenvalue weighted by molar-refractivity contribution is 7.89. The van der Waals surface area contributed by atoms with Crippen LogP contribution in [0.1, 0.15) is 29.7 Å². The highest BCUT2D eigenvalue weighted by Crippen LogP contribution is 2.28. The Morgan fingerprint density at radius 3 is 2.48 bits per heavy atom. The van der Waals surface area contributed by atoms with Gasteiger partial charge in [-0.15, -0.1) is 0 Å². The molecule has 0 aromatic heterocycles. The summed E-state index contributed by atoms with van der Waals surface area (Å²) in [5, 5.41) is 0.127. The first-order valence-electron chi connectivity index (χ1n) is 10.7. The Labute approximate surface area is 199 Å². The molecule has 1 atom stereocenters. The molecular weight excluding hydrogens is 460 g/mol. The fourth-order valence-electron chi connectivity index (χ4n) is 3.82. The Balaban J connectivity index is 1.38. The molecule has 0 aliphatic carbocycles. The lowest BCUT2D eigenvalue weighted by molar-refractivity contribution is -0.134. The van der Waals surface area contributed by atoms with E-state index in [0.29, 0.717) is 13.1 Å². The van der Waals surface area contributed by atoms with E-state index in [1.807, 2.05) is 48.5 Å². The van der Waals surface area contributed by atoms with Crippen molar-refractivity contribution in [3.8, 4) is 5.75 Å². The van der Waals surface area contributed by atoms with Crippen molar-refractivity contribution in [2.24, 2.45) is 0 Å². The first-order chi connectivity index (χ1) is 15.8. The van der Waals surface area contributed by atoms with E-state index in [4.69, 9.17) is 16.3 Å². The largest absolute Gasteiger partial charge is 0.482 e. The smallest absolute Gasteiger partial charge is 0.260 e. The van der Waals surface area contributed by atoms with Gasteiger partial charge in [0.15, 0.2) is 6.61 Å². The summed E-state index contributed by atoms with van der Waals surface area (Å²) in [7, 11) is -3.79. The van der Waals surface area contributed by atoms with Crippen LogP contribution in [0.5, 0.6) is 5.75 Å². The quantitative estimate of drug-likeness (QED) is 0.541. The zero-order valence-electron chi connectivity index (χ0n) is 18.2. The molecule has 0 radical (unpaired) electrons. The predicted octanol–water partition coefficient (Wildman–Crippen LogP) is 4.34. The Kier molecular flexibility index (Phi) is 7.02. The van der Waals surface area contributed by atoms with Crippen LogP contribution in [0.25, 0.3) is 0 Å². The average molecular weight is 485 g/mol. The molecule has 0 fully saturated rings. The molecular formula is C25H25ClN2O4S. The van der Waals surface area contributed by atoms with E-state index >= 15 is 0 Å². The molecule has 0 bridgehead atoms. The third-order valence-electron chi connectivity index (χ3n) is 5.68. The van der Waals surface area contributed by atoms with Gasteiger partial charge in [-0.1, -0.05) is 66.2 Å². The van der Waals surface area contributed by atoms with Crippen LogP contribution in [0.15, 0.2) is 77.7 Å². The number of nitrogens with one attached hydrogen (secondary N) is 1. The number of carbonyl (C=O) groups excluding carboxylic acids is 1. The number of benzene rings is 3. The lowest BCUT2D eigenvalue weighted by Gasteiger charge is -2.28. The van der Waals surface area contributed by atoms with Gasteiger partial charge in [0.25, 0.3) is 5.91 Å². The molecule has 0 saturated carbocycles. The summed E-state index contributed by atoms with van der Waals surface area (Å²) in [5.41, 5.74) is 3.26. The summed E-state index contributed by atoms with van der Waals surface area (Å²) in [6.45, 7) is 2.79. The third kappa shape index (κ3) is 5.55. The maximum absolute atomic E-state index is 12.8. The number of sulfonamides is 1. The zero-order chi connectivity index (χ0) is 23.4. The van der Waals surface area contributed by atoms with E-state index in [0.717, 1.165) is 17.5 Å². The van der Waals surface area contributed by atoms with Crippen molar-refractivity contribution < 1.29 is 17.9 Å². The summed E-state index contributed by atoms with van der Waals surface area (Å²) < 4.78 is 33.8. The van der Waals surface area contributed by atoms with Crippen molar-refractivity contribution in [2.45, 2.75) is 30.8 Å². The van der Waals surface area contributed by atoms with Crippen molar-refractivity contribution in [1.82, 2.24) is 9.62 Å². The number of hydrogen-bond donors (Lipinski definition) is 1. The van der Waals surface area contributed by atoms with Crippen LogP contribution < -0.4 is 9.46 Å². The Bertz CT molecular complexity index is 1250. The number of nitrogens with zero attached hydrogens (tertiary/aromatic N) is 1. The zero-order valence-corrected chi connectivity index (χ0v) is 19.8. The molecule has 0 saturated heterocycles. The lowest BCUT2D eigenvalue weighted by atomic mass is 10.00. The number of hydrogen-bond acceptors (Lipinski definition) is 4. The molecule has 33 heavy (non-hydrogen) atoms. The second-order valence-corrected chi connectivity index (χ2v) is 10.1. The Morgan fingerprint density at radius 2 is 1.76 bits per heavy atom. The summed E-state index contributed by atoms with van der Waals surface area (Å²) in [4.78, 5) is 14.4. The van der Waals surface area contributed by atoms with Gasteiger partial charge >= 0.3 is 0 Å². The van der Waals surface area contributed by atoms with Gasteiger partial charge in [-0.25, -0.2) is 13.1 Å². The van der Waals surface area contributed by atoms with Gasteiger partial charge in [-0.2, -0.15) is 0 Å². The van der Waals surface area contributed by atoms with E-state index in [9.17, 15) is 13.2 Å². The minimum absolute atomic E-state index is 0.0293. The van der Waals surface area contributed by atoms with E-state index in [1.54, 1.807) is 11.8 Å². The summed E-state index contributed by atoms with van der Waals surface area (Å²) >= 11 is 6.28. The van der Waals surface area contributed by atoms with Crippen molar-refractivity contribution in [1.29, 1.82) is 0 Å². The van der Waals surface area contributed by atoms with Gasteiger partial charge in [0.1, 0.15) is 5.75 Å². The van der Waals surface area contributed by atoms with Gasteiger partial charge in [0, 0.05) is 19.1 Å². The number of halogens is 1. The van der Waals surface area contributed by atoms with E-state index < -0.39 is 16.1 Å². The van der Waals surface area contributed by atoms with E-state index in [2.05, 4.69) is 10.8 Å². The molecule has 1 amide bonds. The molecule has 6 nitrogen and oxygen atoms in total. The molecule has 1 aliphatic rings. The molecule has 8 heteroatoms. The predicted molar refractivity (Wildman–Crippen MR) is 128 cm³/mol. The summed E-state index contributed by atoms with van der Waals surface area (Å²) in [5.74, 6) is 0.119. The number of amides is 1. The monoisotopic (exact) mass is 484 g/mol. The van der Waals surface area contributed by atoms with Crippen LogP contribution in [0.2, 0.25) is 5.02 Å². The normalized spacial score (nSPS) is 14.4. The van der Waals surface area contributed by atoms with Crippen molar-refractivity contribution >= 4 is 27.5 Å². The maximum atomic E-state index is 12.8. The van der Waals surface area contributed by atoms with Crippen LogP contribution in [0.3, 0.4) is 0 Å². The number of carbonyl (C=O) groups is 1. The minimum Gasteiger partial charge on any atom is -0.482 e. The molecule has 3 aromatic carbocycles. The fourth-order valence-corrected chi connectivity index (χ4v) is 5.37. The molecule has 1 aliphatic heterocycles. The van der Waals surface area contributed by atoms with Crippen LogP contribution in [-0.4, -0.2) is 32.4 Å². The van der Waals surface area contributed by atoms with Gasteiger partial charge in [0.2, 0.25) is 10.0 Å². The Morgan fingerprint density at radius 1 is 1.06 bits per heavy atom. The number of ether oxygens (including phenoxy) is 1. The first kappa shape index (κ1) is 23.3. The van der Waals surface area contributed by atoms with Crippen molar-refractivity contribution in [2.75, 3.05) is 13.2 Å². The SMILES string of the molecule is CC(NS(=O)(=O)c1ccc(OCC(=O)N2CCc3ccccc3C2)c(Cl)c1)c1ccccc1. The van der Waals surface area contributed by atoms with Crippen LogP contribution in [0, 0.1) is 0 Å². The van der Waals surface area contributed by atoms with E-state index in [1.165, 1.54) is 23.8 Å². The second-order valence-electron chi connectivity index (χ2n) is 7.97. The molecule has 1 heterocycles. The molecule has 3 aromatic rings. The molecule has 1 N–H and O–H groups in total. The molecule has 4 rings (SSSR count). The second kappa shape index (κ2) is 9.95. The highest BCUT2D eigenvalue weighted by atomic mass is 35.5. The van der Waals surface area contributed by atoms with Gasteiger partial charge in [0.05, 0.1) is 9.92 Å². The molecule has 0 spiro atoms. The molecule has 172 valence electrons. The fraction of sp³-hybridized carbons (Fsp3) is 0.240. The average Bonchev–Trinajstić information content (AvgIpc) is 2.83.